The molecule has 0 radical (unpaired) electrons. The smallest absolute Gasteiger partial charge is 0.493 e. The van der Waals surface area contributed by atoms with Gasteiger partial charge in [-0.1, -0.05) is 18.2 Å². The minimum absolute atomic E-state index is 0.115. The zero-order valence-corrected chi connectivity index (χ0v) is 23.0. The number of halogens is 3. The van der Waals surface area contributed by atoms with E-state index in [9.17, 15) is 26.4 Å². The number of sulfonamides is 1. The molecule has 3 aromatic rings. The first-order chi connectivity index (χ1) is 19.5. The van der Waals surface area contributed by atoms with Crippen LogP contribution in [0.2, 0.25) is 0 Å². The van der Waals surface area contributed by atoms with Crippen LogP contribution in [0.25, 0.3) is 0 Å². The molecule has 0 aromatic heterocycles. The molecule has 1 atom stereocenters. The van der Waals surface area contributed by atoms with Crippen molar-refractivity contribution in [3.05, 3.63) is 72.3 Å². The number of anilines is 2. The van der Waals surface area contributed by atoms with E-state index in [2.05, 4.69) is 9.46 Å². The monoisotopic (exact) mass is 590 g/mol. The van der Waals surface area contributed by atoms with Gasteiger partial charge in [0.15, 0.2) is 11.5 Å². The third-order valence-corrected chi connectivity index (χ3v) is 8.52. The first-order valence-electron chi connectivity index (χ1n) is 13.1. The maximum absolute atomic E-state index is 13.0. The number of methoxy groups -OCH3 is 1. The van der Waals surface area contributed by atoms with Crippen molar-refractivity contribution in [2.45, 2.75) is 55.4 Å². The largest absolute Gasteiger partial charge is 0.573 e. The fourth-order valence-electron chi connectivity index (χ4n) is 5.20. The number of nitrogens with zero attached hydrogens (tertiary/aromatic N) is 1. The molecule has 1 N–H and O–H groups in total. The highest BCUT2D eigenvalue weighted by Crippen LogP contribution is 2.38. The second-order valence-electron chi connectivity index (χ2n) is 10.0. The molecule has 1 saturated carbocycles. The summed E-state index contributed by atoms with van der Waals surface area (Å²) in [5.41, 5.74) is 1.58. The summed E-state index contributed by atoms with van der Waals surface area (Å²) in [5.74, 6) is 0.400. The van der Waals surface area contributed by atoms with Crippen molar-refractivity contribution in [1.29, 1.82) is 0 Å². The number of hydrogen-bond donors (Lipinski definition) is 1. The number of alkyl halides is 3. The standard InChI is InChI=1S/C29H29F3N2O6S/c1-38-26-13-12-19(14-27(26)39-23-8-2-3-9-23)20-15-28(35)34(18-20)22-7-4-6-21(16-22)33-41(36,37)25-11-5-10-24(17-25)40-29(30,31)32/h4-7,10-14,16-17,20,23,33H,2-3,8-9,15,18H2,1H3/t20-/m0/s1. The van der Waals surface area contributed by atoms with Crippen molar-refractivity contribution < 1.29 is 40.6 Å². The molecule has 12 heteroatoms. The first kappa shape index (κ1) is 28.6. The number of carbonyl (C=O) groups is 1. The zero-order chi connectivity index (χ0) is 29.2. The summed E-state index contributed by atoms with van der Waals surface area (Å²) in [5, 5.41) is 0. The van der Waals surface area contributed by atoms with Crippen molar-refractivity contribution in [2.24, 2.45) is 0 Å². The lowest BCUT2D eigenvalue weighted by Gasteiger charge is -2.20. The minimum Gasteiger partial charge on any atom is -0.493 e. The summed E-state index contributed by atoms with van der Waals surface area (Å²) >= 11 is 0. The number of benzene rings is 3. The summed E-state index contributed by atoms with van der Waals surface area (Å²) < 4.78 is 81.5. The fraction of sp³-hybridized carbons (Fsp3) is 0.345. The third-order valence-electron chi connectivity index (χ3n) is 7.14. The predicted octanol–water partition coefficient (Wildman–Crippen LogP) is 6.24. The van der Waals surface area contributed by atoms with Crippen molar-refractivity contribution in [2.75, 3.05) is 23.3 Å². The Morgan fingerprint density at radius 2 is 1.71 bits per heavy atom. The van der Waals surface area contributed by atoms with Crippen LogP contribution in [0.1, 0.15) is 43.6 Å². The molecule has 1 aliphatic heterocycles. The maximum atomic E-state index is 13.0. The molecule has 0 unspecified atom stereocenters. The van der Waals surface area contributed by atoms with Crippen LogP contribution >= 0.6 is 0 Å². The molecule has 2 aliphatic rings. The van der Waals surface area contributed by atoms with Crippen LogP contribution in [0.4, 0.5) is 24.5 Å². The number of rotatable bonds is 9. The molecule has 1 heterocycles. The quantitative estimate of drug-likeness (QED) is 0.317. The first-order valence-corrected chi connectivity index (χ1v) is 14.6. The van der Waals surface area contributed by atoms with Crippen LogP contribution in [-0.2, 0) is 14.8 Å². The highest BCUT2D eigenvalue weighted by molar-refractivity contribution is 7.92. The van der Waals surface area contributed by atoms with Crippen molar-refractivity contribution in [1.82, 2.24) is 0 Å². The summed E-state index contributed by atoms with van der Waals surface area (Å²) in [6, 6.07) is 16.1. The normalized spacial score (nSPS) is 18.0. The van der Waals surface area contributed by atoms with E-state index in [-0.39, 0.29) is 30.0 Å². The third kappa shape index (κ3) is 6.87. The molecular weight excluding hydrogens is 561 g/mol. The highest BCUT2D eigenvalue weighted by Gasteiger charge is 2.33. The van der Waals surface area contributed by atoms with Gasteiger partial charge in [-0.15, -0.1) is 13.2 Å². The van der Waals surface area contributed by atoms with E-state index in [0.29, 0.717) is 23.7 Å². The van der Waals surface area contributed by atoms with Gasteiger partial charge in [-0.2, -0.15) is 0 Å². The minimum atomic E-state index is -4.96. The number of amides is 1. The van der Waals surface area contributed by atoms with E-state index in [1.54, 1.807) is 24.1 Å². The Balaban J connectivity index is 1.31. The average Bonchev–Trinajstić information content (AvgIpc) is 3.57. The predicted molar refractivity (Wildman–Crippen MR) is 146 cm³/mol. The second-order valence-corrected chi connectivity index (χ2v) is 11.7. The van der Waals surface area contributed by atoms with Gasteiger partial charge in [0.05, 0.1) is 23.8 Å². The van der Waals surface area contributed by atoms with Crippen molar-refractivity contribution in [3.8, 4) is 17.2 Å². The molecule has 218 valence electrons. The van der Waals surface area contributed by atoms with Gasteiger partial charge in [0.1, 0.15) is 5.75 Å². The van der Waals surface area contributed by atoms with E-state index in [4.69, 9.17) is 9.47 Å². The molecule has 1 aliphatic carbocycles. The zero-order valence-electron chi connectivity index (χ0n) is 22.2. The molecule has 3 aromatic carbocycles. The average molecular weight is 591 g/mol. The SMILES string of the molecule is COc1ccc([C@H]2CC(=O)N(c3cccc(NS(=O)(=O)c4cccc(OC(F)(F)F)c4)c3)C2)cc1OC1CCCC1. The molecule has 0 bridgehead atoms. The van der Waals surface area contributed by atoms with E-state index in [0.717, 1.165) is 55.5 Å². The van der Waals surface area contributed by atoms with Gasteiger partial charge in [0.25, 0.3) is 10.0 Å². The van der Waals surface area contributed by atoms with Crippen LogP contribution < -0.4 is 23.8 Å². The molecule has 2 fully saturated rings. The van der Waals surface area contributed by atoms with Gasteiger partial charge in [-0.05, 0) is 73.7 Å². The van der Waals surface area contributed by atoms with Crippen molar-refractivity contribution in [3.63, 3.8) is 0 Å². The molecule has 5 rings (SSSR count). The fourth-order valence-corrected chi connectivity index (χ4v) is 6.28. The Morgan fingerprint density at radius 1 is 0.951 bits per heavy atom. The summed E-state index contributed by atoms with van der Waals surface area (Å²) in [6.45, 7) is 0.376. The topological polar surface area (TPSA) is 94.2 Å². The molecular formula is C29H29F3N2O6S. The number of ether oxygens (including phenoxy) is 3. The van der Waals surface area contributed by atoms with Crippen LogP contribution in [0, 0.1) is 0 Å². The molecule has 41 heavy (non-hydrogen) atoms. The molecule has 1 amide bonds. The Morgan fingerprint density at radius 3 is 2.44 bits per heavy atom. The summed E-state index contributed by atoms with van der Waals surface area (Å²) in [7, 11) is -2.66. The molecule has 0 spiro atoms. The van der Waals surface area contributed by atoms with Gasteiger partial charge in [0.2, 0.25) is 5.91 Å². The number of carbonyl (C=O) groups excluding carboxylic acids is 1. The lowest BCUT2D eigenvalue weighted by atomic mass is 9.98. The van der Waals surface area contributed by atoms with Crippen LogP contribution in [-0.4, -0.2) is 40.4 Å². The van der Waals surface area contributed by atoms with E-state index >= 15 is 0 Å². The molecule has 8 nitrogen and oxygen atoms in total. The van der Waals surface area contributed by atoms with Crippen molar-refractivity contribution >= 4 is 27.3 Å². The summed E-state index contributed by atoms with van der Waals surface area (Å²) in [4.78, 5) is 14.2. The Labute approximate surface area is 236 Å². The summed E-state index contributed by atoms with van der Waals surface area (Å²) in [6.07, 6.45) is -0.296. The maximum Gasteiger partial charge on any atom is 0.573 e. The van der Waals surface area contributed by atoms with Gasteiger partial charge < -0.3 is 19.1 Å². The lowest BCUT2D eigenvalue weighted by molar-refractivity contribution is -0.274. The van der Waals surface area contributed by atoms with E-state index in [1.165, 1.54) is 12.1 Å². The Bertz CT molecular complexity index is 1520. The van der Waals surface area contributed by atoms with Crippen LogP contribution in [0.15, 0.2) is 71.6 Å². The van der Waals surface area contributed by atoms with Gasteiger partial charge >= 0.3 is 6.36 Å². The molecule has 1 saturated heterocycles. The van der Waals surface area contributed by atoms with E-state index in [1.807, 2.05) is 18.2 Å². The van der Waals surface area contributed by atoms with Gasteiger partial charge in [-0.25, -0.2) is 8.42 Å². The highest BCUT2D eigenvalue weighted by atomic mass is 32.2. The lowest BCUT2D eigenvalue weighted by Crippen LogP contribution is -2.24. The van der Waals surface area contributed by atoms with Crippen LogP contribution in [0.5, 0.6) is 17.2 Å². The van der Waals surface area contributed by atoms with Gasteiger partial charge in [-0.3, -0.25) is 9.52 Å². The van der Waals surface area contributed by atoms with Crippen LogP contribution in [0.3, 0.4) is 0 Å². The Kier molecular flexibility index (Phi) is 8.03. The van der Waals surface area contributed by atoms with Gasteiger partial charge in [0, 0.05) is 30.6 Å². The van der Waals surface area contributed by atoms with E-state index < -0.39 is 27.0 Å². The second kappa shape index (κ2) is 11.5. The number of nitrogens with one attached hydrogen (secondary N) is 1. The number of hydrogen-bond acceptors (Lipinski definition) is 6. The Hall–Kier alpha value is -3.93.